The summed E-state index contributed by atoms with van der Waals surface area (Å²) in [6.45, 7) is 2.96. The van der Waals surface area contributed by atoms with Crippen molar-refractivity contribution in [3.05, 3.63) is 168 Å². The molecule has 8 aromatic heterocycles. The maximum absolute atomic E-state index is 13.5. The molecule has 0 saturated carbocycles. The first-order valence-electron chi connectivity index (χ1n) is 22.1. The summed E-state index contributed by atoms with van der Waals surface area (Å²) in [5, 5.41) is 27.8. The van der Waals surface area contributed by atoms with Gasteiger partial charge in [0.15, 0.2) is 22.9 Å². The minimum Gasteiger partial charge on any atom is -0.309 e. The van der Waals surface area contributed by atoms with Gasteiger partial charge >= 0.3 is 0 Å². The Bertz CT molecular complexity index is 3390. The largest absolute Gasteiger partial charge is 0.309 e. The van der Waals surface area contributed by atoms with Gasteiger partial charge in [0.05, 0.1) is 47.1 Å². The number of rotatable bonds is 8. The highest BCUT2D eigenvalue weighted by atomic mass is 19.1. The third kappa shape index (κ3) is 8.71. The van der Waals surface area contributed by atoms with Crippen LogP contribution in [-0.4, -0.2) is 77.1 Å². The number of hydrogen-bond acceptors (Lipinski definition) is 11. The molecule has 0 atom stereocenters. The van der Waals surface area contributed by atoms with Gasteiger partial charge in [-0.05, 0) is 104 Å². The molecule has 70 heavy (non-hydrogen) atoms. The topological polar surface area (TPSA) is 192 Å². The number of aromatic nitrogens is 12. The van der Waals surface area contributed by atoms with Crippen LogP contribution in [0.25, 0.3) is 56.3 Å². The average molecular weight is 944 g/mol. The van der Waals surface area contributed by atoms with Crippen LogP contribution in [-0.2, 0) is 26.1 Å². The zero-order chi connectivity index (χ0) is 47.9. The Balaban J connectivity index is 0.000000152. The number of benzene rings is 2. The third-order valence-corrected chi connectivity index (χ3v) is 11.8. The molecule has 0 bridgehead atoms. The van der Waals surface area contributed by atoms with Crippen LogP contribution >= 0.6 is 0 Å². The van der Waals surface area contributed by atoms with Crippen LogP contribution in [0, 0.1) is 23.5 Å². The Morgan fingerprint density at radius 2 is 1.06 bits per heavy atom. The first-order chi connectivity index (χ1) is 34.1. The van der Waals surface area contributed by atoms with Crippen molar-refractivity contribution >= 4 is 34.7 Å². The molecule has 0 aliphatic carbocycles. The van der Waals surface area contributed by atoms with Gasteiger partial charge in [-0.1, -0.05) is 0 Å². The summed E-state index contributed by atoms with van der Waals surface area (Å²) in [7, 11) is 0. The number of fused-ring (bicyclic) bond motifs is 4. The van der Waals surface area contributed by atoms with Gasteiger partial charge in [0.25, 0.3) is 11.8 Å². The summed E-state index contributed by atoms with van der Waals surface area (Å²) in [4.78, 5) is 40.6. The summed E-state index contributed by atoms with van der Waals surface area (Å²) < 4.78 is 60.9. The smallest absolute Gasteiger partial charge is 0.257 e. The Morgan fingerprint density at radius 3 is 1.57 bits per heavy atom. The Labute approximate surface area is 393 Å². The second kappa shape index (κ2) is 18.3. The number of anilines is 2. The summed E-state index contributed by atoms with van der Waals surface area (Å²) in [5.74, 6) is -2.55. The average Bonchev–Trinajstić information content (AvgIpc) is 4.16. The van der Waals surface area contributed by atoms with Gasteiger partial charge in [0, 0.05) is 72.1 Å². The fourth-order valence-electron chi connectivity index (χ4n) is 8.52. The third-order valence-electron chi connectivity index (χ3n) is 11.8. The number of carbonyl (C=O) groups is 2. The van der Waals surface area contributed by atoms with Crippen molar-refractivity contribution in [3.63, 3.8) is 0 Å². The van der Waals surface area contributed by atoms with Crippen LogP contribution in [0.1, 0.15) is 44.9 Å². The van der Waals surface area contributed by atoms with E-state index in [1.54, 1.807) is 51.8 Å². The molecule has 0 spiro atoms. The van der Waals surface area contributed by atoms with Crippen molar-refractivity contribution in [2.24, 2.45) is 0 Å². The molecule has 2 amide bonds. The normalized spacial score (nSPS) is 13.1. The molecular formula is C49H37F4N15O2. The van der Waals surface area contributed by atoms with E-state index in [-0.39, 0.29) is 34.4 Å². The highest BCUT2D eigenvalue weighted by molar-refractivity contribution is 6.04. The number of amides is 2. The molecule has 0 fully saturated rings. The van der Waals surface area contributed by atoms with Gasteiger partial charge in [0.2, 0.25) is 11.9 Å². The minimum atomic E-state index is -0.741. The second-order valence-corrected chi connectivity index (χ2v) is 16.4. The summed E-state index contributed by atoms with van der Waals surface area (Å²) in [5.41, 5.74) is 9.58. The van der Waals surface area contributed by atoms with Gasteiger partial charge < -0.3 is 16.0 Å². The lowest BCUT2D eigenvalue weighted by molar-refractivity contribution is 0.101. The zero-order valence-corrected chi connectivity index (χ0v) is 36.7. The van der Waals surface area contributed by atoms with E-state index in [1.807, 2.05) is 27.6 Å². The van der Waals surface area contributed by atoms with Gasteiger partial charge in [-0.25, -0.2) is 37.7 Å². The van der Waals surface area contributed by atoms with Crippen molar-refractivity contribution in [1.82, 2.24) is 64.0 Å². The second-order valence-electron chi connectivity index (χ2n) is 16.4. The summed E-state index contributed by atoms with van der Waals surface area (Å²) in [6, 6.07) is 24.8. The Morgan fingerprint density at radius 1 is 0.557 bits per heavy atom. The molecule has 0 saturated heterocycles. The summed E-state index contributed by atoms with van der Waals surface area (Å²) in [6.07, 6.45) is 8.61. The van der Waals surface area contributed by atoms with E-state index in [9.17, 15) is 27.2 Å². The van der Waals surface area contributed by atoms with Crippen LogP contribution in [0.15, 0.2) is 122 Å². The standard InChI is InChI=1S/C25H19F2N7O.C24H18F2N8O/c26-17-6-4-15(5-7-17)24-23(19-3-1-2-12-33(19)32-24)18-8-9-22-29-21(14-34(22)31-18)30-25(35)16-10-11-28-20(27)13-16;25-16-3-1-14(2-4-16)23-22(18-12-27-9-10-33(18)32-23)17-5-6-21-29-20(13-34(21)31-17)30-24(35)15-7-8-28-19(26)11-15/h4-11,13-14H,1-3,12H2,(H,30,35);1-8,11,13,27H,9-10,12H2,(H,30,35). The van der Waals surface area contributed by atoms with E-state index in [0.717, 1.165) is 83.8 Å². The monoisotopic (exact) mass is 943 g/mol. The number of halogens is 4. The molecule has 2 aliphatic heterocycles. The zero-order valence-electron chi connectivity index (χ0n) is 36.7. The van der Waals surface area contributed by atoms with Crippen molar-refractivity contribution in [2.45, 2.75) is 38.9 Å². The fraction of sp³-hybridized carbons (Fsp3) is 0.143. The first-order valence-corrected chi connectivity index (χ1v) is 22.1. The van der Waals surface area contributed by atoms with E-state index in [1.165, 1.54) is 48.8 Å². The van der Waals surface area contributed by atoms with Crippen LogP contribution in [0.5, 0.6) is 0 Å². The lowest BCUT2D eigenvalue weighted by Gasteiger charge is -2.15. The number of nitrogens with zero attached hydrogens (tertiary/aromatic N) is 12. The number of imidazole rings is 2. The molecule has 2 aliphatic rings. The number of aryl methyl sites for hydroxylation is 1. The molecule has 3 N–H and O–H groups in total. The number of hydrogen-bond donors (Lipinski definition) is 3. The van der Waals surface area contributed by atoms with E-state index >= 15 is 0 Å². The number of pyridine rings is 2. The molecule has 12 rings (SSSR count). The number of nitrogens with one attached hydrogen (secondary N) is 3. The van der Waals surface area contributed by atoms with E-state index in [4.69, 9.17) is 20.4 Å². The summed E-state index contributed by atoms with van der Waals surface area (Å²) >= 11 is 0. The highest BCUT2D eigenvalue weighted by Crippen LogP contribution is 2.37. The molecule has 2 aromatic carbocycles. The van der Waals surface area contributed by atoms with Gasteiger partial charge in [-0.3, -0.25) is 19.0 Å². The molecule has 0 radical (unpaired) electrons. The molecule has 10 heterocycles. The predicted octanol–water partition coefficient (Wildman–Crippen LogP) is 7.81. The fourth-order valence-corrected chi connectivity index (χ4v) is 8.52. The molecule has 0 unspecified atom stereocenters. The number of carbonyl (C=O) groups excluding carboxylic acids is 2. The van der Waals surface area contributed by atoms with Gasteiger partial charge in [-0.2, -0.15) is 29.2 Å². The van der Waals surface area contributed by atoms with Crippen molar-refractivity contribution in [3.8, 4) is 45.0 Å². The Kier molecular flexibility index (Phi) is 11.4. The minimum absolute atomic E-state index is 0.131. The van der Waals surface area contributed by atoms with E-state index in [0.29, 0.717) is 41.5 Å². The van der Waals surface area contributed by atoms with Crippen LogP contribution in [0.3, 0.4) is 0 Å². The van der Waals surface area contributed by atoms with E-state index < -0.39 is 23.7 Å². The molecule has 21 heteroatoms. The lowest BCUT2D eigenvalue weighted by Crippen LogP contribution is -2.28. The van der Waals surface area contributed by atoms with Crippen molar-refractivity contribution < 1.29 is 27.2 Å². The lowest BCUT2D eigenvalue weighted by atomic mass is 9.99. The van der Waals surface area contributed by atoms with Gasteiger partial charge in [0.1, 0.15) is 23.0 Å². The van der Waals surface area contributed by atoms with Crippen molar-refractivity contribution in [2.75, 3.05) is 17.2 Å². The van der Waals surface area contributed by atoms with E-state index in [2.05, 4.69) is 35.9 Å². The SMILES string of the molecule is O=C(Nc1cn2nc(-c3c(-c4ccc(F)cc4)nn4c3CCCC4)ccc2n1)c1ccnc(F)c1.O=C(Nc1cn2nc(-c3c(-c4ccc(F)cc4)nn4c3CNCC4)ccc2n1)c1ccnc(F)c1. The maximum atomic E-state index is 13.5. The quantitative estimate of drug-likeness (QED) is 0.0995. The van der Waals surface area contributed by atoms with Crippen molar-refractivity contribution in [1.29, 1.82) is 0 Å². The highest BCUT2D eigenvalue weighted by Gasteiger charge is 2.26. The Hall–Kier alpha value is -8.98. The van der Waals surface area contributed by atoms with Crippen LogP contribution in [0.2, 0.25) is 0 Å². The van der Waals surface area contributed by atoms with Crippen LogP contribution < -0.4 is 16.0 Å². The molecule has 17 nitrogen and oxygen atoms in total. The molecule has 348 valence electrons. The predicted molar refractivity (Wildman–Crippen MR) is 248 cm³/mol. The van der Waals surface area contributed by atoms with Gasteiger partial charge in [-0.15, -0.1) is 0 Å². The first kappa shape index (κ1) is 43.6. The van der Waals surface area contributed by atoms with Crippen LogP contribution in [0.4, 0.5) is 29.2 Å². The maximum Gasteiger partial charge on any atom is 0.257 e. The molecular weight excluding hydrogens is 907 g/mol. The molecule has 10 aromatic rings.